The molecule has 3 heteroatoms. The Morgan fingerprint density at radius 1 is 1.14 bits per heavy atom. The van der Waals surface area contributed by atoms with Crippen LogP contribution in [0.2, 0.25) is 0 Å². The Hall–Kier alpha value is -1.32. The molecule has 1 unspecified atom stereocenters. The molecule has 0 saturated heterocycles. The monoisotopic (exact) mass is 347 g/mol. The van der Waals surface area contributed by atoms with E-state index in [1.54, 1.807) is 0 Å². The van der Waals surface area contributed by atoms with Gasteiger partial charge in [-0.3, -0.25) is 0 Å². The van der Waals surface area contributed by atoms with Crippen molar-refractivity contribution >= 4 is 15.9 Å². The molecule has 0 fully saturated rings. The van der Waals surface area contributed by atoms with Crippen molar-refractivity contribution in [3.8, 4) is 11.5 Å². The molecular formula is C18H22BrNO. The Balaban J connectivity index is 2.19. The van der Waals surface area contributed by atoms with Crippen LogP contribution >= 0.6 is 15.9 Å². The number of hydrogen-bond donors (Lipinski definition) is 1. The molecule has 0 aliphatic rings. The second-order valence-electron chi connectivity index (χ2n) is 5.44. The lowest BCUT2D eigenvalue weighted by Gasteiger charge is -2.14. The Kier molecular flexibility index (Phi) is 5.43. The van der Waals surface area contributed by atoms with Crippen molar-refractivity contribution in [1.29, 1.82) is 0 Å². The zero-order valence-electron chi connectivity index (χ0n) is 12.8. The summed E-state index contributed by atoms with van der Waals surface area (Å²) < 4.78 is 6.99. The van der Waals surface area contributed by atoms with Gasteiger partial charge in [0.15, 0.2) is 0 Å². The van der Waals surface area contributed by atoms with Gasteiger partial charge in [-0.1, -0.05) is 25.1 Å². The summed E-state index contributed by atoms with van der Waals surface area (Å²) in [6.45, 7) is 6.28. The number of nitrogens with two attached hydrogens (primary N) is 1. The van der Waals surface area contributed by atoms with Gasteiger partial charge in [0.2, 0.25) is 0 Å². The molecule has 0 amide bonds. The average molecular weight is 348 g/mol. The van der Waals surface area contributed by atoms with Crippen LogP contribution in [-0.4, -0.2) is 6.04 Å². The zero-order valence-corrected chi connectivity index (χ0v) is 14.4. The molecule has 21 heavy (non-hydrogen) atoms. The van der Waals surface area contributed by atoms with E-state index in [0.29, 0.717) is 0 Å². The van der Waals surface area contributed by atoms with E-state index in [1.165, 1.54) is 16.7 Å². The van der Waals surface area contributed by atoms with Crippen LogP contribution in [0.25, 0.3) is 0 Å². The topological polar surface area (TPSA) is 35.2 Å². The highest BCUT2D eigenvalue weighted by molar-refractivity contribution is 9.10. The molecule has 0 aliphatic heterocycles. The third-order valence-electron chi connectivity index (χ3n) is 3.79. The predicted octanol–water partition coefficient (Wildman–Crippen LogP) is 5.14. The van der Waals surface area contributed by atoms with Gasteiger partial charge in [-0.05, 0) is 77.5 Å². The maximum absolute atomic E-state index is 6.03. The van der Waals surface area contributed by atoms with E-state index in [2.05, 4.69) is 54.9 Å². The van der Waals surface area contributed by atoms with E-state index in [0.717, 1.165) is 28.8 Å². The van der Waals surface area contributed by atoms with Crippen molar-refractivity contribution in [2.75, 3.05) is 0 Å². The van der Waals surface area contributed by atoms with Crippen molar-refractivity contribution < 1.29 is 4.74 Å². The highest BCUT2D eigenvalue weighted by Gasteiger charge is 2.09. The highest BCUT2D eigenvalue weighted by atomic mass is 79.9. The average Bonchev–Trinajstić information content (AvgIpc) is 2.46. The Morgan fingerprint density at radius 2 is 1.90 bits per heavy atom. The van der Waals surface area contributed by atoms with Crippen molar-refractivity contribution in [2.24, 2.45) is 5.73 Å². The molecule has 2 aromatic rings. The van der Waals surface area contributed by atoms with Crippen LogP contribution in [0.15, 0.2) is 40.9 Å². The first kappa shape index (κ1) is 16.1. The maximum atomic E-state index is 6.03. The van der Waals surface area contributed by atoms with E-state index in [1.807, 2.05) is 18.2 Å². The second-order valence-corrected chi connectivity index (χ2v) is 6.29. The third kappa shape index (κ3) is 4.08. The van der Waals surface area contributed by atoms with Crippen LogP contribution in [-0.2, 0) is 6.42 Å². The van der Waals surface area contributed by atoms with E-state index in [4.69, 9.17) is 10.5 Å². The largest absolute Gasteiger partial charge is 0.456 e. The fourth-order valence-corrected chi connectivity index (χ4v) is 2.66. The van der Waals surface area contributed by atoms with E-state index >= 15 is 0 Å². The molecular weight excluding hydrogens is 326 g/mol. The summed E-state index contributed by atoms with van der Waals surface area (Å²) in [6, 6.07) is 12.5. The van der Waals surface area contributed by atoms with E-state index in [-0.39, 0.29) is 6.04 Å². The highest BCUT2D eigenvalue weighted by Crippen LogP contribution is 2.33. The molecule has 2 nitrogen and oxygen atoms in total. The lowest BCUT2D eigenvalue weighted by Crippen LogP contribution is -2.21. The third-order valence-corrected chi connectivity index (χ3v) is 4.41. The first-order valence-electron chi connectivity index (χ1n) is 7.29. The number of benzene rings is 2. The normalized spacial score (nSPS) is 12.2. The van der Waals surface area contributed by atoms with Crippen LogP contribution in [0.1, 0.15) is 30.0 Å². The summed E-state index contributed by atoms with van der Waals surface area (Å²) in [7, 11) is 0. The SMILES string of the molecule is CCC(N)Cc1ccc(Oc2cccc(C)c2C)c(Br)c1. The number of hydrogen-bond acceptors (Lipinski definition) is 2. The van der Waals surface area contributed by atoms with Crippen LogP contribution < -0.4 is 10.5 Å². The van der Waals surface area contributed by atoms with Gasteiger partial charge in [0.05, 0.1) is 4.47 Å². The fraction of sp³-hybridized carbons (Fsp3) is 0.333. The summed E-state index contributed by atoms with van der Waals surface area (Å²) in [5.41, 5.74) is 9.63. The smallest absolute Gasteiger partial charge is 0.141 e. The summed E-state index contributed by atoms with van der Waals surface area (Å²) >= 11 is 3.59. The summed E-state index contributed by atoms with van der Waals surface area (Å²) in [5, 5.41) is 0. The zero-order chi connectivity index (χ0) is 15.4. The number of halogens is 1. The van der Waals surface area contributed by atoms with Gasteiger partial charge in [0, 0.05) is 6.04 Å². The minimum atomic E-state index is 0.211. The number of rotatable bonds is 5. The van der Waals surface area contributed by atoms with E-state index < -0.39 is 0 Å². The Labute approximate surface area is 135 Å². The molecule has 0 saturated carbocycles. The van der Waals surface area contributed by atoms with Gasteiger partial charge >= 0.3 is 0 Å². The van der Waals surface area contributed by atoms with Gasteiger partial charge in [0.1, 0.15) is 11.5 Å². The minimum absolute atomic E-state index is 0.211. The fourth-order valence-electron chi connectivity index (χ4n) is 2.15. The molecule has 2 N–H and O–H groups in total. The first-order valence-corrected chi connectivity index (χ1v) is 8.08. The first-order chi connectivity index (χ1) is 10.0. The molecule has 2 aromatic carbocycles. The predicted molar refractivity (Wildman–Crippen MR) is 92.1 cm³/mol. The quantitative estimate of drug-likeness (QED) is 0.812. The van der Waals surface area contributed by atoms with Crippen LogP contribution in [0.5, 0.6) is 11.5 Å². The van der Waals surface area contributed by atoms with Gasteiger partial charge < -0.3 is 10.5 Å². The Morgan fingerprint density at radius 3 is 2.57 bits per heavy atom. The Bertz CT molecular complexity index is 625. The molecule has 2 rings (SSSR count). The van der Waals surface area contributed by atoms with Crippen LogP contribution in [0.4, 0.5) is 0 Å². The van der Waals surface area contributed by atoms with Crippen LogP contribution in [0.3, 0.4) is 0 Å². The van der Waals surface area contributed by atoms with Crippen LogP contribution in [0, 0.1) is 13.8 Å². The lowest BCUT2D eigenvalue weighted by molar-refractivity contribution is 0.475. The molecule has 112 valence electrons. The maximum Gasteiger partial charge on any atom is 0.141 e. The lowest BCUT2D eigenvalue weighted by atomic mass is 10.0. The molecule has 0 heterocycles. The summed E-state index contributed by atoms with van der Waals surface area (Å²) in [5.74, 6) is 1.73. The van der Waals surface area contributed by atoms with E-state index in [9.17, 15) is 0 Å². The molecule has 0 radical (unpaired) electrons. The van der Waals surface area contributed by atoms with Crippen molar-refractivity contribution in [3.63, 3.8) is 0 Å². The molecule has 0 aromatic heterocycles. The molecule has 0 spiro atoms. The standard InChI is InChI=1S/C18H22BrNO/c1-4-15(20)10-14-8-9-18(16(19)11-14)21-17-7-5-6-12(2)13(17)3/h5-9,11,15H,4,10,20H2,1-3H3. The van der Waals surface area contributed by atoms with Crippen molar-refractivity contribution in [1.82, 2.24) is 0 Å². The van der Waals surface area contributed by atoms with Gasteiger partial charge in [-0.2, -0.15) is 0 Å². The molecule has 0 aliphatic carbocycles. The molecule has 1 atom stereocenters. The van der Waals surface area contributed by atoms with Gasteiger partial charge in [-0.15, -0.1) is 0 Å². The van der Waals surface area contributed by atoms with Gasteiger partial charge in [-0.25, -0.2) is 0 Å². The number of ether oxygens (including phenoxy) is 1. The summed E-state index contributed by atoms with van der Waals surface area (Å²) in [4.78, 5) is 0. The molecule has 0 bridgehead atoms. The van der Waals surface area contributed by atoms with Gasteiger partial charge in [0.25, 0.3) is 0 Å². The second kappa shape index (κ2) is 7.10. The summed E-state index contributed by atoms with van der Waals surface area (Å²) in [6.07, 6.45) is 1.87. The number of aryl methyl sites for hydroxylation is 1. The minimum Gasteiger partial charge on any atom is -0.456 e. The van der Waals surface area contributed by atoms with Crippen molar-refractivity contribution in [2.45, 2.75) is 39.7 Å². The van der Waals surface area contributed by atoms with Crippen molar-refractivity contribution in [3.05, 3.63) is 57.6 Å².